The molecule has 2 aliphatic heterocycles. The van der Waals surface area contributed by atoms with Crippen LogP contribution in [0.5, 0.6) is 0 Å². The largest absolute Gasteiger partial charge is 0.506 e. The van der Waals surface area contributed by atoms with Crippen LogP contribution in [0.25, 0.3) is 0 Å². The third kappa shape index (κ3) is 4.51. The molecule has 4 nitrogen and oxygen atoms in total. The summed E-state index contributed by atoms with van der Waals surface area (Å²) in [7, 11) is 2.09. The molecule has 0 spiro atoms. The summed E-state index contributed by atoms with van der Waals surface area (Å²) in [5.41, 5.74) is 5.85. The summed E-state index contributed by atoms with van der Waals surface area (Å²) in [4.78, 5) is 6.90. The van der Waals surface area contributed by atoms with Crippen molar-refractivity contribution >= 4 is 5.71 Å². The maximum atomic E-state index is 10.4. The van der Waals surface area contributed by atoms with Crippen molar-refractivity contribution in [3.63, 3.8) is 0 Å². The van der Waals surface area contributed by atoms with Crippen LogP contribution < -0.4 is 0 Å². The number of benzene rings is 1. The minimum absolute atomic E-state index is 0.153. The summed E-state index contributed by atoms with van der Waals surface area (Å²) in [6.45, 7) is 11.1. The van der Waals surface area contributed by atoms with E-state index in [1.165, 1.54) is 5.57 Å². The number of ether oxygens (including phenoxy) is 1. The average Bonchev–Trinajstić information content (AvgIpc) is 3.08. The Morgan fingerprint density at radius 1 is 1.26 bits per heavy atom. The molecule has 1 N–H and O–H groups in total. The Morgan fingerprint density at radius 2 is 1.93 bits per heavy atom. The van der Waals surface area contributed by atoms with Gasteiger partial charge in [0.1, 0.15) is 11.5 Å². The van der Waals surface area contributed by atoms with Gasteiger partial charge in [-0.3, -0.25) is 0 Å². The summed E-state index contributed by atoms with van der Waals surface area (Å²) < 4.78 is 5.82. The van der Waals surface area contributed by atoms with Crippen LogP contribution in [0, 0.1) is 0 Å². The molecule has 0 saturated heterocycles. The van der Waals surface area contributed by atoms with Crippen LogP contribution in [0.15, 0.2) is 64.1 Å². The quantitative estimate of drug-likeness (QED) is 0.803. The number of hydrogen-bond acceptors (Lipinski definition) is 4. The number of hydrogen-bond donors (Lipinski definition) is 1. The molecular formula is C23H30N2O2. The van der Waals surface area contributed by atoms with Gasteiger partial charge in [0.2, 0.25) is 0 Å². The van der Waals surface area contributed by atoms with Crippen molar-refractivity contribution < 1.29 is 9.84 Å². The van der Waals surface area contributed by atoms with Gasteiger partial charge in [-0.15, -0.1) is 0 Å². The fourth-order valence-electron chi connectivity index (χ4n) is 3.33. The highest BCUT2D eigenvalue weighted by Crippen LogP contribution is 2.30. The third-order valence-corrected chi connectivity index (χ3v) is 5.05. The van der Waals surface area contributed by atoms with Crippen molar-refractivity contribution in [2.24, 2.45) is 4.99 Å². The molecule has 0 saturated carbocycles. The van der Waals surface area contributed by atoms with Crippen molar-refractivity contribution in [3.05, 3.63) is 70.3 Å². The second-order valence-corrected chi connectivity index (χ2v) is 8.48. The van der Waals surface area contributed by atoms with Gasteiger partial charge in [-0.1, -0.05) is 24.3 Å². The van der Waals surface area contributed by atoms with E-state index in [0.29, 0.717) is 18.3 Å². The molecule has 0 bridgehead atoms. The topological polar surface area (TPSA) is 45.1 Å². The molecule has 1 aromatic rings. The maximum absolute atomic E-state index is 10.4. The predicted octanol–water partition coefficient (Wildman–Crippen LogP) is 5.13. The summed E-state index contributed by atoms with van der Waals surface area (Å²) in [6.07, 6.45) is 4.78. The average molecular weight is 367 g/mol. The van der Waals surface area contributed by atoms with Crippen molar-refractivity contribution in [2.75, 3.05) is 7.05 Å². The molecule has 0 amide bonds. The minimum Gasteiger partial charge on any atom is -0.506 e. The van der Waals surface area contributed by atoms with E-state index in [1.54, 1.807) is 6.08 Å². The van der Waals surface area contributed by atoms with Gasteiger partial charge in [0, 0.05) is 30.4 Å². The summed E-state index contributed by atoms with van der Waals surface area (Å²) in [6, 6.07) is 8.64. The van der Waals surface area contributed by atoms with E-state index in [4.69, 9.17) is 4.74 Å². The van der Waals surface area contributed by atoms with E-state index in [1.807, 2.05) is 18.2 Å². The van der Waals surface area contributed by atoms with E-state index in [9.17, 15) is 5.11 Å². The molecule has 144 valence electrons. The molecule has 1 aromatic carbocycles. The van der Waals surface area contributed by atoms with Gasteiger partial charge in [-0.2, -0.15) is 0 Å². The Bertz CT molecular complexity index is 836. The zero-order valence-electron chi connectivity index (χ0n) is 17.2. The Hall–Kier alpha value is -2.33. The van der Waals surface area contributed by atoms with Gasteiger partial charge in [-0.05, 0) is 58.3 Å². The van der Waals surface area contributed by atoms with Crippen molar-refractivity contribution in [1.82, 2.24) is 4.90 Å². The number of aliphatic hydroxyl groups excluding tert-OH is 1. The van der Waals surface area contributed by atoms with Crippen LogP contribution in [-0.4, -0.2) is 34.4 Å². The maximum Gasteiger partial charge on any atom is 0.143 e. The van der Waals surface area contributed by atoms with Gasteiger partial charge in [0.15, 0.2) is 0 Å². The molecule has 0 aromatic heterocycles. The standard InChI is InChI=1S/C23H30N2O2/c1-15-11-16(2)25(6)21(15)12-20-22(26)13-19(24-20)18-9-7-17(8-10-18)14-27-23(3,4)5/h7-10,12-13,16,26H,11,14H2,1-6H3/b20-12-. The van der Waals surface area contributed by atoms with Gasteiger partial charge in [0.05, 0.1) is 17.9 Å². The Morgan fingerprint density at radius 3 is 2.48 bits per heavy atom. The molecule has 0 radical (unpaired) electrons. The van der Waals surface area contributed by atoms with Crippen molar-refractivity contribution in [3.8, 4) is 0 Å². The molecule has 2 aliphatic rings. The fraction of sp³-hybridized carbons (Fsp3) is 0.435. The molecule has 2 heterocycles. The Balaban J connectivity index is 1.78. The van der Waals surface area contributed by atoms with E-state index in [0.717, 1.165) is 29.0 Å². The smallest absolute Gasteiger partial charge is 0.143 e. The highest BCUT2D eigenvalue weighted by atomic mass is 16.5. The zero-order chi connectivity index (χ0) is 19.8. The highest BCUT2D eigenvalue weighted by Gasteiger charge is 2.24. The van der Waals surface area contributed by atoms with Gasteiger partial charge in [-0.25, -0.2) is 4.99 Å². The minimum atomic E-state index is -0.153. The molecule has 1 unspecified atom stereocenters. The van der Waals surface area contributed by atoms with E-state index < -0.39 is 0 Å². The first-order valence-electron chi connectivity index (χ1n) is 9.51. The summed E-state index contributed by atoms with van der Waals surface area (Å²) in [5, 5.41) is 10.4. The first-order chi connectivity index (χ1) is 12.6. The molecule has 1 atom stereocenters. The summed E-state index contributed by atoms with van der Waals surface area (Å²) in [5.74, 6) is 0.221. The van der Waals surface area contributed by atoms with Crippen molar-refractivity contribution in [1.29, 1.82) is 0 Å². The van der Waals surface area contributed by atoms with Crippen LogP contribution in [0.2, 0.25) is 0 Å². The first kappa shape index (κ1) is 19.4. The molecule has 0 aliphatic carbocycles. The lowest BCUT2D eigenvalue weighted by molar-refractivity contribution is -0.0149. The SMILES string of the molecule is CC1=C(/C=C2\N=C(c3ccc(COC(C)(C)C)cc3)C=C2O)N(C)C(C)C1. The van der Waals surface area contributed by atoms with Crippen LogP contribution in [0.1, 0.15) is 52.2 Å². The van der Waals surface area contributed by atoms with Crippen LogP contribution in [0.4, 0.5) is 0 Å². The lowest BCUT2D eigenvalue weighted by Gasteiger charge is -2.20. The predicted molar refractivity (Wildman–Crippen MR) is 111 cm³/mol. The number of allylic oxidation sites excluding steroid dienone is 2. The van der Waals surface area contributed by atoms with Gasteiger partial charge >= 0.3 is 0 Å². The van der Waals surface area contributed by atoms with Crippen LogP contribution >= 0.6 is 0 Å². The summed E-state index contributed by atoms with van der Waals surface area (Å²) >= 11 is 0. The Kier molecular flexibility index (Phi) is 5.29. The normalized spacial score (nSPS) is 21.9. The number of likely N-dealkylation sites (N-methyl/N-ethyl adjacent to an activating group) is 1. The molecular weight excluding hydrogens is 336 g/mol. The molecule has 4 heteroatoms. The fourth-order valence-corrected chi connectivity index (χ4v) is 3.33. The lowest BCUT2D eigenvalue weighted by Crippen LogP contribution is -2.21. The molecule has 27 heavy (non-hydrogen) atoms. The van der Waals surface area contributed by atoms with Gasteiger partial charge in [0.25, 0.3) is 0 Å². The van der Waals surface area contributed by atoms with Crippen molar-refractivity contribution in [2.45, 2.75) is 59.3 Å². The lowest BCUT2D eigenvalue weighted by atomic mass is 10.1. The van der Waals surface area contributed by atoms with Gasteiger partial charge < -0.3 is 14.7 Å². The highest BCUT2D eigenvalue weighted by molar-refractivity contribution is 6.11. The monoisotopic (exact) mass is 366 g/mol. The molecule has 3 rings (SSSR count). The van der Waals surface area contributed by atoms with Crippen LogP contribution in [0.3, 0.4) is 0 Å². The number of aliphatic imine (C=N–C) groups is 1. The number of aliphatic hydroxyl groups is 1. The number of nitrogens with zero attached hydrogens (tertiary/aromatic N) is 2. The third-order valence-electron chi connectivity index (χ3n) is 5.05. The second-order valence-electron chi connectivity index (χ2n) is 8.48. The second kappa shape index (κ2) is 7.35. The van der Waals surface area contributed by atoms with E-state index >= 15 is 0 Å². The zero-order valence-corrected chi connectivity index (χ0v) is 17.2. The number of rotatable bonds is 4. The van der Waals surface area contributed by atoms with E-state index in [2.05, 4.69) is 63.7 Å². The molecule has 0 fully saturated rings. The van der Waals surface area contributed by atoms with Crippen LogP contribution in [-0.2, 0) is 11.3 Å². The first-order valence-corrected chi connectivity index (χ1v) is 9.51. The Labute approximate surface area is 162 Å². The van der Waals surface area contributed by atoms with E-state index in [-0.39, 0.29) is 11.4 Å².